The van der Waals surface area contributed by atoms with Gasteiger partial charge in [-0.25, -0.2) is 14.2 Å². The first-order chi connectivity index (χ1) is 12.8. The lowest BCUT2D eigenvalue weighted by Crippen LogP contribution is -2.10. The number of ether oxygens (including phenoxy) is 1. The van der Waals surface area contributed by atoms with E-state index in [4.69, 9.17) is 49.8 Å². The Balaban J connectivity index is 1.73. The molecule has 1 aromatic carbocycles. The molecular weight excluding hydrogens is 422 g/mol. The van der Waals surface area contributed by atoms with Gasteiger partial charge >= 0.3 is 5.97 Å². The van der Waals surface area contributed by atoms with E-state index in [1.807, 2.05) is 0 Å². The number of pyridine rings is 1. The molecule has 0 saturated carbocycles. The van der Waals surface area contributed by atoms with E-state index in [9.17, 15) is 9.18 Å². The van der Waals surface area contributed by atoms with E-state index in [2.05, 4.69) is 15.1 Å². The molecule has 140 valence electrons. The molecule has 0 atom stereocenters. The van der Waals surface area contributed by atoms with Crippen molar-refractivity contribution in [2.45, 2.75) is 13.5 Å². The van der Waals surface area contributed by atoms with E-state index in [0.717, 1.165) is 0 Å². The topological polar surface area (TPSA) is 104 Å². The molecular formula is C16H10Cl3FN4O3. The number of hydrogen-bond donors (Lipinski definition) is 1. The zero-order chi connectivity index (χ0) is 19.7. The average Bonchev–Trinajstić information content (AvgIpc) is 3.12. The van der Waals surface area contributed by atoms with Gasteiger partial charge in [0.15, 0.2) is 17.5 Å². The van der Waals surface area contributed by atoms with Gasteiger partial charge in [0.05, 0.1) is 10.7 Å². The second kappa shape index (κ2) is 7.67. The summed E-state index contributed by atoms with van der Waals surface area (Å²) in [5.41, 5.74) is 6.16. The van der Waals surface area contributed by atoms with Crippen LogP contribution in [0, 0.1) is 12.7 Å². The molecule has 0 spiro atoms. The zero-order valence-electron chi connectivity index (χ0n) is 13.6. The number of esters is 1. The fraction of sp³-hybridized carbons (Fsp3) is 0.125. The molecule has 2 heterocycles. The fourth-order valence-corrected chi connectivity index (χ4v) is 2.61. The van der Waals surface area contributed by atoms with Crippen LogP contribution in [-0.2, 0) is 11.3 Å². The van der Waals surface area contributed by atoms with Crippen molar-refractivity contribution in [2.24, 2.45) is 0 Å². The minimum Gasteiger partial charge on any atom is -0.451 e. The molecule has 2 aromatic heterocycles. The summed E-state index contributed by atoms with van der Waals surface area (Å²) in [6.45, 7) is 1.27. The van der Waals surface area contributed by atoms with E-state index in [0.29, 0.717) is 11.1 Å². The molecule has 0 fully saturated rings. The van der Waals surface area contributed by atoms with Gasteiger partial charge in [0.2, 0.25) is 5.82 Å². The largest absolute Gasteiger partial charge is 0.451 e. The Morgan fingerprint density at radius 2 is 2.00 bits per heavy atom. The summed E-state index contributed by atoms with van der Waals surface area (Å²) in [4.78, 5) is 19.9. The standard InChI is InChI=1S/C16H10Cl3FN4O3/c1-6-2-3-7(4-8(6)20)15-22-9(27-24-15)5-26-16(25)13-10(17)12(21)11(18)14(19)23-13/h2-4H,5H2,1H3,(H2,21,23). The number of halogens is 4. The number of rotatable bonds is 4. The number of aromatic nitrogens is 3. The number of benzene rings is 1. The van der Waals surface area contributed by atoms with Crippen molar-refractivity contribution in [3.05, 3.63) is 56.4 Å². The Bertz CT molecular complexity index is 1040. The monoisotopic (exact) mass is 430 g/mol. The van der Waals surface area contributed by atoms with Gasteiger partial charge in [-0.1, -0.05) is 52.1 Å². The summed E-state index contributed by atoms with van der Waals surface area (Å²) in [6, 6.07) is 4.50. The van der Waals surface area contributed by atoms with Crippen LogP contribution in [0.15, 0.2) is 22.7 Å². The van der Waals surface area contributed by atoms with Crippen molar-refractivity contribution < 1.29 is 18.4 Å². The first-order valence-corrected chi connectivity index (χ1v) is 8.47. The number of nitrogens with zero attached hydrogens (tertiary/aromatic N) is 3. The zero-order valence-corrected chi connectivity index (χ0v) is 15.9. The second-order valence-electron chi connectivity index (χ2n) is 5.34. The van der Waals surface area contributed by atoms with E-state index in [1.165, 1.54) is 6.07 Å². The van der Waals surface area contributed by atoms with E-state index in [1.54, 1.807) is 19.1 Å². The lowest BCUT2D eigenvalue weighted by Gasteiger charge is -2.08. The van der Waals surface area contributed by atoms with Crippen LogP contribution < -0.4 is 5.73 Å². The molecule has 27 heavy (non-hydrogen) atoms. The molecule has 0 aliphatic carbocycles. The highest BCUT2D eigenvalue weighted by atomic mass is 35.5. The van der Waals surface area contributed by atoms with Crippen LogP contribution in [0.3, 0.4) is 0 Å². The molecule has 0 aliphatic rings. The number of carbonyl (C=O) groups excluding carboxylic acids is 1. The third-order valence-electron chi connectivity index (χ3n) is 3.49. The van der Waals surface area contributed by atoms with Gasteiger partial charge in [0, 0.05) is 5.56 Å². The van der Waals surface area contributed by atoms with Crippen molar-refractivity contribution in [2.75, 3.05) is 5.73 Å². The quantitative estimate of drug-likeness (QED) is 0.480. The Kier molecular flexibility index (Phi) is 5.50. The van der Waals surface area contributed by atoms with Crippen molar-refractivity contribution in [1.82, 2.24) is 15.1 Å². The van der Waals surface area contributed by atoms with E-state index in [-0.39, 0.29) is 44.9 Å². The molecule has 0 bridgehead atoms. The van der Waals surface area contributed by atoms with Crippen LogP contribution in [0.5, 0.6) is 0 Å². The molecule has 3 aromatic rings. The molecule has 0 aliphatic heterocycles. The molecule has 7 nitrogen and oxygen atoms in total. The fourth-order valence-electron chi connectivity index (χ4n) is 2.02. The van der Waals surface area contributed by atoms with Crippen LogP contribution in [0.4, 0.5) is 10.1 Å². The van der Waals surface area contributed by atoms with Gasteiger partial charge in [0.1, 0.15) is 10.8 Å². The van der Waals surface area contributed by atoms with Crippen LogP contribution in [0.25, 0.3) is 11.4 Å². The highest BCUT2D eigenvalue weighted by molar-refractivity contribution is 6.46. The third-order valence-corrected chi connectivity index (χ3v) is 4.63. The summed E-state index contributed by atoms with van der Waals surface area (Å²) < 4.78 is 23.6. The average molecular weight is 432 g/mol. The van der Waals surface area contributed by atoms with Crippen LogP contribution >= 0.6 is 34.8 Å². The first kappa shape index (κ1) is 19.3. The molecule has 0 saturated heterocycles. The van der Waals surface area contributed by atoms with Crippen molar-refractivity contribution >= 4 is 46.5 Å². The van der Waals surface area contributed by atoms with Crippen molar-refractivity contribution in [1.29, 1.82) is 0 Å². The number of nitrogens with two attached hydrogens (primary N) is 1. The van der Waals surface area contributed by atoms with Gasteiger partial charge in [-0.3, -0.25) is 0 Å². The molecule has 0 amide bonds. The number of nitrogen functional groups attached to an aromatic ring is 1. The minimum absolute atomic E-state index is 0.0107. The van der Waals surface area contributed by atoms with E-state index >= 15 is 0 Å². The number of aryl methyl sites for hydroxylation is 1. The molecule has 2 N–H and O–H groups in total. The normalized spacial score (nSPS) is 10.9. The molecule has 0 radical (unpaired) electrons. The predicted molar refractivity (Wildman–Crippen MR) is 97.2 cm³/mol. The van der Waals surface area contributed by atoms with Crippen LogP contribution in [0.2, 0.25) is 15.2 Å². The Labute approximate surface area is 167 Å². The van der Waals surface area contributed by atoms with Crippen molar-refractivity contribution in [3.63, 3.8) is 0 Å². The summed E-state index contributed by atoms with van der Waals surface area (Å²) in [5.74, 6) is -1.17. The Hall–Kier alpha value is -2.42. The summed E-state index contributed by atoms with van der Waals surface area (Å²) >= 11 is 17.5. The highest BCUT2D eigenvalue weighted by Crippen LogP contribution is 2.34. The van der Waals surface area contributed by atoms with Gasteiger partial charge < -0.3 is 15.0 Å². The molecule has 0 unspecified atom stereocenters. The minimum atomic E-state index is -0.911. The maximum Gasteiger partial charge on any atom is 0.359 e. The van der Waals surface area contributed by atoms with Gasteiger partial charge in [-0.15, -0.1) is 0 Å². The molecule has 11 heteroatoms. The summed E-state index contributed by atoms with van der Waals surface area (Å²) in [7, 11) is 0. The van der Waals surface area contributed by atoms with Gasteiger partial charge in [-0.05, 0) is 18.6 Å². The maximum absolute atomic E-state index is 13.6. The predicted octanol–water partition coefficient (Wildman–Crippen LogP) is 4.48. The second-order valence-corrected chi connectivity index (χ2v) is 6.46. The summed E-state index contributed by atoms with van der Waals surface area (Å²) in [6.07, 6.45) is 0. The third kappa shape index (κ3) is 3.97. The van der Waals surface area contributed by atoms with Crippen LogP contribution in [0.1, 0.15) is 21.9 Å². The number of hydrogen-bond acceptors (Lipinski definition) is 7. The smallest absolute Gasteiger partial charge is 0.359 e. The van der Waals surface area contributed by atoms with Crippen LogP contribution in [-0.4, -0.2) is 21.1 Å². The number of anilines is 1. The maximum atomic E-state index is 13.6. The highest BCUT2D eigenvalue weighted by Gasteiger charge is 2.22. The molecule has 3 rings (SSSR count). The lowest BCUT2D eigenvalue weighted by atomic mass is 10.1. The van der Waals surface area contributed by atoms with Crippen molar-refractivity contribution in [3.8, 4) is 11.4 Å². The SMILES string of the molecule is Cc1ccc(-c2noc(COC(=O)c3nc(Cl)c(Cl)c(N)c3Cl)n2)cc1F. The summed E-state index contributed by atoms with van der Waals surface area (Å²) in [5, 5.41) is 3.28. The first-order valence-electron chi connectivity index (χ1n) is 7.34. The number of carbonyl (C=O) groups is 1. The Morgan fingerprint density at radius 1 is 1.26 bits per heavy atom. The van der Waals surface area contributed by atoms with Gasteiger partial charge in [-0.2, -0.15) is 4.98 Å². The lowest BCUT2D eigenvalue weighted by molar-refractivity contribution is 0.0423. The van der Waals surface area contributed by atoms with Gasteiger partial charge in [0.25, 0.3) is 5.89 Å². The Morgan fingerprint density at radius 3 is 2.70 bits per heavy atom. The van der Waals surface area contributed by atoms with E-state index < -0.39 is 11.8 Å².